The molecule has 0 heterocycles. The van der Waals surface area contributed by atoms with E-state index in [1.54, 1.807) is 18.2 Å². The molecule has 18 heavy (non-hydrogen) atoms. The Kier molecular flexibility index (Phi) is 7.32. The van der Waals surface area contributed by atoms with Crippen LogP contribution in [0.2, 0.25) is 5.02 Å². The van der Waals surface area contributed by atoms with Crippen LogP contribution < -0.4 is 5.32 Å². The molecule has 1 aromatic carbocycles. The standard InChI is InChI=1S/C13H17BrClNO2/c1-2-3-7-18-8-6-16-13(17)10-4-5-11(14)12(15)9-10/h4-5,9H,2-3,6-8H2,1H3,(H,16,17). The number of rotatable bonds is 7. The monoisotopic (exact) mass is 333 g/mol. The highest BCUT2D eigenvalue weighted by atomic mass is 79.9. The molecule has 1 aromatic rings. The minimum Gasteiger partial charge on any atom is -0.380 e. The third kappa shape index (κ3) is 5.38. The van der Waals surface area contributed by atoms with Crippen molar-refractivity contribution in [3.8, 4) is 0 Å². The van der Waals surface area contributed by atoms with Gasteiger partial charge in [0.15, 0.2) is 0 Å². The summed E-state index contributed by atoms with van der Waals surface area (Å²) in [5.41, 5.74) is 0.553. The molecule has 0 aliphatic heterocycles. The molecule has 1 amide bonds. The van der Waals surface area contributed by atoms with Gasteiger partial charge in [0.05, 0.1) is 11.6 Å². The second-order valence-electron chi connectivity index (χ2n) is 3.85. The Bertz CT molecular complexity index is 399. The van der Waals surface area contributed by atoms with Crippen LogP contribution in [-0.2, 0) is 4.74 Å². The third-order valence-corrected chi connectivity index (χ3v) is 3.59. The van der Waals surface area contributed by atoms with Gasteiger partial charge in [-0.15, -0.1) is 0 Å². The lowest BCUT2D eigenvalue weighted by molar-refractivity contribution is 0.0913. The second kappa shape index (κ2) is 8.51. The molecule has 3 nitrogen and oxygen atoms in total. The fourth-order valence-electron chi connectivity index (χ4n) is 1.32. The van der Waals surface area contributed by atoms with Crippen LogP contribution >= 0.6 is 27.5 Å². The summed E-state index contributed by atoms with van der Waals surface area (Å²) in [4.78, 5) is 11.8. The highest BCUT2D eigenvalue weighted by Gasteiger charge is 2.06. The van der Waals surface area contributed by atoms with Gasteiger partial charge in [0.25, 0.3) is 5.91 Å². The van der Waals surface area contributed by atoms with Gasteiger partial charge in [-0.25, -0.2) is 0 Å². The van der Waals surface area contributed by atoms with Crippen LogP contribution in [0, 0.1) is 0 Å². The van der Waals surface area contributed by atoms with Gasteiger partial charge < -0.3 is 10.1 Å². The van der Waals surface area contributed by atoms with Gasteiger partial charge in [-0.05, 0) is 40.5 Å². The molecule has 0 spiro atoms. The van der Waals surface area contributed by atoms with Crippen LogP contribution in [0.1, 0.15) is 30.1 Å². The molecule has 5 heteroatoms. The topological polar surface area (TPSA) is 38.3 Å². The largest absolute Gasteiger partial charge is 0.380 e. The number of hydrogen-bond acceptors (Lipinski definition) is 2. The highest BCUT2D eigenvalue weighted by Crippen LogP contribution is 2.22. The molecule has 0 fully saturated rings. The molecule has 0 saturated carbocycles. The van der Waals surface area contributed by atoms with Crippen LogP contribution in [0.4, 0.5) is 0 Å². The van der Waals surface area contributed by atoms with E-state index in [2.05, 4.69) is 28.2 Å². The predicted molar refractivity (Wildman–Crippen MR) is 77.2 cm³/mol. The lowest BCUT2D eigenvalue weighted by atomic mass is 10.2. The molecule has 0 atom stereocenters. The maximum atomic E-state index is 11.8. The highest BCUT2D eigenvalue weighted by molar-refractivity contribution is 9.10. The maximum absolute atomic E-state index is 11.8. The number of carbonyl (C=O) groups excluding carboxylic acids is 1. The summed E-state index contributed by atoms with van der Waals surface area (Å²) in [6, 6.07) is 5.12. The molecule has 1 rings (SSSR count). The van der Waals surface area contributed by atoms with Gasteiger partial charge >= 0.3 is 0 Å². The smallest absolute Gasteiger partial charge is 0.251 e. The van der Waals surface area contributed by atoms with Gasteiger partial charge in [-0.2, -0.15) is 0 Å². The van der Waals surface area contributed by atoms with Gasteiger partial charge in [-0.1, -0.05) is 24.9 Å². The van der Waals surface area contributed by atoms with Crippen LogP contribution in [0.5, 0.6) is 0 Å². The predicted octanol–water partition coefficient (Wildman–Crippen LogP) is 3.65. The molecular formula is C13H17BrClNO2. The summed E-state index contributed by atoms with van der Waals surface area (Å²) in [5, 5.41) is 3.31. The van der Waals surface area contributed by atoms with Crippen LogP contribution in [0.15, 0.2) is 22.7 Å². The first-order valence-corrected chi connectivity index (χ1v) is 7.13. The zero-order valence-corrected chi connectivity index (χ0v) is 12.7. The summed E-state index contributed by atoms with van der Waals surface area (Å²) in [6.45, 7) is 3.91. The first kappa shape index (κ1) is 15.5. The number of benzene rings is 1. The van der Waals surface area contributed by atoms with E-state index in [-0.39, 0.29) is 5.91 Å². The molecule has 0 aromatic heterocycles. The van der Waals surface area contributed by atoms with E-state index < -0.39 is 0 Å². The molecular weight excluding hydrogens is 318 g/mol. The first-order valence-electron chi connectivity index (χ1n) is 5.96. The number of halogens is 2. The minimum atomic E-state index is -0.136. The van der Waals surface area contributed by atoms with E-state index in [0.29, 0.717) is 23.7 Å². The quantitative estimate of drug-likeness (QED) is 0.773. The Morgan fingerprint density at radius 1 is 1.44 bits per heavy atom. The van der Waals surface area contributed by atoms with Crippen molar-refractivity contribution in [3.05, 3.63) is 33.3 Å². The average Bonchev–Trinajstić information content (AvgIpc) is 2.36. The third-order valence-electron chi connectivity index (χ3n) is 2.36. The molecule has 1 N–H and O–H groups in total. The molecule has 100 valence electrons. The van der Waals surface area contributed by atoms with Crippen LogP contribution in [-0.4, -0.2) is 25.7 Å². The number of carbonyl (C=O) groups is 1. The van der Waals surface area contributed by atoms with E-state index in [4.69, 9.17) is 16.3 Å². The summed E-state index contributed by atoms with van der Waals surface area (Å²) in [5.74, 6) is -0.136. The van der Waals surface area contributed by atoms with Crippen LogP contribution in [0.25, 0.3) is 0 Å². The molecule has 0 aliphatic rings. The minimum absolute atomic E-state index is 0.136. The SMILES string of the molecule is CCCCOCCNC(=O)c1ccc(Br)c(Cl)c1. The Labute approximate surface area is 121 Å². The fraction of sp³-hybridized carbons (Fsp3) is 0.462. The summed E-state index contributed by atoms with van der Waals surface area (Å²) < 4.78 is 6.14. The summed E-state index contributed by atoms with van der Waals surface area (Å²) >= 11 is 9.21. The van der Waals surface area contributed by atoms with E-state index >= 15 is 0 Å². The van der Waals surface area contributed by atoms with E-state index in [1.165, 1.54) is 0 Å². The van der Waals surface area contributed by atoms with E-state index in [1.807, 2.05) is 0 Å². The molecule has 0 aliphatic carbocycles. The van der Waals surface area contributed by atoms with Crippen LogP contribution in [0.3, 0.4) is 0 Å². The van der Waals surface area contributed by atoms with Gasteiger partial charge in [0, 0.05) is 23.2 Å². The molecule has 0 radical (unpaired) electrons. The van der Waals surface area contributed by atoms with Gasteiger partial charge in [0.2, 0.25) is 0 Å². The van der Waals surface area contributed by atoms with Crippen molar-refractivity contribution in [1.29, 1.82) is 0 Å². The number of unbranched alkanes of at least 4 members (excludes halogenated alkanes) is 1. The Morgan fingerprint density at radius 2 is 2.22 bits per heavy atom. The van der Waals surface area contributed by atoms with E-state index in [0.717, 1.165) is 23.9 Å². The van der Waals surface area contributed by atoms with Crippen molar-refractivity contribution in [2.24, 2.45) is 0 Å². The zero-order valence-electron chi connectivity index (χ0n) is 10.3. The van der Waals surface area contributed by atoms with Gasteiger partial charge in [0.1, 0.15) is 0 Å². The first-order chi connectivity index (χ1) is 8.65. The van der Waals surface area contributed by atoms with Crippen molar-refractivity contribution >= 4 is 33.4 Å². The van der Waals surface area contributed by atoms with E-state index in [9.17, 15) is 4.79 Å². The Balaban J connectivity index is 2.30. The number of amides is 1. The molecule has 0 unspecified atom stereocenters. The second-order valence-corrected chi connectivity index (χ2v) is 5.11. The maximum Gasteiger partial charge on any atom is 0.251 e. The normalized spacial score (nSPS) is 10.4. The molecule has 0 saturated heterocycles. The lowest BCUT2D eigenvalue weighted by Crippen LogP contribution is -2.27. The molecule has 0 bridgehead atoms. The summed E-state index contributed by atoms with van der Waals surface area (Å²) in [7, 11) is 0. The van der Waals surface area contributed by atoms with Crippen molar-refractivity contribution in [2.45, 2.75) is 19.8 Å². The summed E-state index contributed by atoms with van der Waals surface area (Å²) in [6.07, 6.45) is 2.17. The van der Waals surface area contributed by atoms with Crippen molar-refractivity contribution in [1.82, 2.24) is 5.32 Å². The van der Waals surface area contributed by atoms with Gasteiger partial charge in [-0.3, -0.25) is 4.79 Å². The Hall–Kier alpha value is -0.580. The fourth-order valence-corrected chi connectivity index (χ4v) is 1.75. The number of ether oxygens (including phenoxy) is 1. The number of nitrogens with one attached hydrogen (secondary N) is 1. The lowest BCUT2D eigenvalue weighted by Gasteiger charge is -2.07. The Morgan fingerprint density at radius 3 is 2.89 bits per heavy atom. The zero-order chi connectivity index (χ0) is 13.4. The average molecular weight is 335 g/mol. The van der Waals surface area contributed by atoms with Crippen molar-refractivity contribution < 1.29 is 9.53 Å². The number of hydrogen-bond donors (Lipinski definition) is 1. The van der Waals surface area contributed by atoms with Crippen molar-refractivity contribution in [2.75, 3.05) is 19.8 Å². The van der Waals surface area contributed by atoms with Crippen molar-refractivity contribution in [3.63, 3.8) is 0 Å².